The average Bonchev–Trinajstić information content (AvgIpc) is 3.03. The van der Waals surface area contributed by atoms with Crippen molar-refractivity contribution < 1.29 is 13.5 Å². The number of nitrogens with one attached hydrogen (secondary N) is 2. The first-order valence-corrected chi connectivity index (χ1v) is 8.13. The van der Waals surface area contributed by atoms with Crippen molar-refractivity contribution in [2.75, 3.05) is 0 Å². The molecule has 0 saturated carbocycles. The summed E-state index contributed by atoms with van der Waals surface area (Å²) in [6, 6.07) is 8.77. The fourth-order valence-electron chi connectivity index (χ4n) is 1.88. The van der Waals surface area contributed by atoms with Gasteiger partial charge in [0.05, 0.1) is 11.4 Å². The number of aromatic nitrogens is 4. The summed E-state index contributed by atoms with van der Waals surface area (Å²) in [5.74, 6) is 0.853. The van der Waals surface area contributed by atoms with Gasteiger partial charge in [0.2, 0.25) is 10.0 Å². The zero-order chi connectivity index (χ0) is 16.3. The van der Waals surface area contributed by atoms with Crippen LogP contribution in [-0.4, -0.2) is 33.7 Å². The Hall–Kier alpha value is -2.78. The summed E-state index contributed by atoms with van der Waals surface area (Å²) >= 11 is 0. The lowest BCUT2D eigenvalue weighted by Crippen LogP contribution is -2.23. The van der Waals surface area contributed by atoms with Gasteiger partial charge < -0.3 is 5.11 Å². The highest BCUT2D eigenvalue weighted by Crippen LogP contribution is 2.15. The molecule has 2 aromatic heterocycles. The van der Waals surface area contributed by atoms with Crippen molar-refractivity contribution in [3.63, 3.8) is 0 Å². The first kappa shape index (κ1) is 15.1. The van der Waals surface area contributed by atoms with Gasteiger partial charge in [0, 0.05) is 18.0 Å². The summed E-state index contributed by atoms with van der Waals surface area (Å²) in [5.41, 5.74) is 0.781. The van der Waals surface area contributed by atoms with Crippen LogP contribution >= 0.6 is 0 Å². The molecule has 0 bridgehead atoms. The number of phenols is 1. The van der Waals surface area contributed by atoms with E-state index in [-0.39, 0.29) is 17.2 Å². The molecule has 3 rings (SSSR count). The van der Waals surface area contributed by atoms with Gasteiger partial charge in [0.25, 0.3) is 0 Å². The van der Waals surface area contributed by atoms with E-state index in [4.69, 9.17) is 0 Å². The minimum atomic E-state index is -3.69. The zero-order valence-corrected chi connectivity index (χ0v) is 12.7. The van der Waals surface area contributed by atoms with Gasteiger partial charge in [-0.15, -0.1) is 0 Å². The molecule has 8 nitrogen and oxygen atoms in total. The third-order valence-corrected chi connectivity index (χ3v) is 4.46. The summed E-state index contributed by atoms with van der Waals surface area (Å²) in [7, 11) is -3.69. The summed E-state index contributed by atoms with van der Waals surface area (Å²) in [6.45, 7) is -0.0265. The number of pyridine rings is 1. The van der Waals surface area contributed by atoms with Crippen molar-refractivity contribution >= 4 is 10.0 Å². The van der Waals surface area contributed by atoms with Crippen LogP contribution in [0, 0.1) is 0 Å². The van der Waals surface area contributed by atoms with Crippen LogP contribution < -0.4 is 4.72 Å². The average molecular weight is 331 g/mol. The Labute approximate surface area is 132 Å². The van der Waals surface area contributed by atoms with E-state index in [0.29, 0.717) is 11.6 Å². The molecular formula is C14H13N5O3S. The number of H-pyrrole nitrogens is 1. The molecule has 0 aliphatic rings. The van der Waals surface area contributed by atoms with Crippen molar-refractivity contribution in [1.29, 1.82) is 0 Å². The van der Waals surface area contributed by atoms with E-state index in [9.17, 15) is 13.5 Å². The molecule has 3 aromatic rings. The first-order valence-electron chi connectivity index (χ1n) is 6.65. The number of benzene rings is 1. The van der Waals surface area contributed by atoms with Crippen molar-refractivity contribution in [1.82, 2.24) is 24.9 Å². The lowest BCUT2D eigenvalue weighted by Gasteiger charge is -2.04. The van der Waals surface area contributed by atoms with Crippen LogP contribution in [0.1, 0.15) is 5.82 Å². The summed E-state index contributed by atoms with van der Waals surface area (Å²) in [5, 5.41) is 15.9. The largest absolute Gasteiger partial charge is 0.508 e. The number of rotatable bonds is 5. The smallest absolute Gasteiger partial charge is 0.240 e. The first-order chi connectivity index (χ1) is 11.0. The predicted octanol–water partition coefficient (Wildman–Crippen LogP) is 1.05. The Morgan fingerprint density at radius 3 is 2.48 bits per heavy atom. The minimum Gasteiger partial charge on any atom is -0.508 e. The molecule has 0 spiro atoms. The molecule has 0 saturated heterocycles. The van der Waals surface area contributed by atoms with Gasteiger partial charge in [0.15, 0.2) is 5.82 Å². The molecule has 118 valence electrons. The second kappa shape index (κ2) is 6.15. The Balaban J connectivity index is 1.71. The van der Waals surface area contributed by atoms with Gasteiger partial charge in [-0.3, -0.25) is 10.1 Å². The van der Waals surface area contributed by atoms with Gasteiger partial charge in [-0.2, -0.15) is 5.10 Å². The van der Waals surface area contributed by atoms with Gasteiger partial charge >= 0.3 is 0 Å². The van der Waals surface area contributed by atoms with E-state index in [1.807, 2.05) is 0 Å². The van der Waals surface area contributed by atoms with Crippen molar-refractivity contribution in [2.45, 2.75) is 11.4 Å². The van der Waals surface area contributed by atoms with E-state index in [1.54, 1.807) is 24.5 Å². The topological polar surface area (TPSA) is 121 Å². The molecule has 0 unspecified atom stereocenters. The van der Waals surface area contributed by atoms with Crippen LogP contribution in [-0.2, 0) is 16.6 Å². The van der Waals surface area contributed by atoms with Crippen LogP contribution in [0.3, 0.4) is 0 Å². The van der Waals surface area contributed by atoms with Crippen LogP contribution in [0.5, 0.6) is 5.75 Å². The van der Waals surface area contributed by atoms with E-state index in [0.717, 1.165) is 5.56 Å². The molecule has 0 atom stereocenters. The van der Waals surface area contributed by atoms with E-state index >= 15 is 0 Å². The summed E-state index contributed by atoms with van der Waals surface area (Å²) in [6.07, 6.45) is 3.25. The molecule has 0 radical (unpaired) electrons. The maximum atomic E-state index is 12.1. The standard InChI is InChI=1S/C14H13N5O3S/c20-11-1-3-12(4-2-11)23(21,22)16-9-13-17-14(19-18-13)10-5-7-15-8-6-10/h1-8,16,20H,9H2,(H,17,18,19). The zero-order valence-electron chi connectivity index (χ0n) is 11.8. The molecular weight excluding hydrogens is 318 g/mol. The summed E-state index contributed by atoms with van der Waals surface area (Å²) in [4.78, 5) is 8.20. The summed E-state index contributed by atoms with van der Waals surface area (Å²) < 4.78 is 26.7. The molecule has 0 fully saturated rings. The fraction of sp³-hybridized carbons (Fsp3) is 0.0714. The maximum Gasteiger partial charge on any atom is 0.240 e. The Morgan fingerprint density at radius 2 is 1.78 bits per heavy atom. The third kappa shape index (κ3) is 3.52. The van der Waals surface area contributed by atoms with Crippen molar-refractivity contribution in [3.05, 3.63) is 54.6 Å². The van der Waals surface area contributed by atoms with Crippen LogP contribution in [0.2, 0.25) is 0 Å². The molecule has 3 N–H and O–H groups in total. The third-order valence-electron chi connectivity index (χ3n) is 3.05. The molecule has 23 heavy (non-hydrogen) atoms. The van der Waals surface area contributed by atoms with E-state index < -0.39 is 10.0 Å². The van der Waals surface area contributed by atoms with E-state index in [2.05, 4.69) is 24.9 Å². The number of phenolic OH excluding ortho intramolecular Hbond substituents is 1. The Kier molecular flexibility index (Phi) is 4.04. The molecule has 0 amide bonds. The van der Waals surface area contributed by atoms with Crippen molar-refractivity contribution in [3.8, 4) is 17.1 Å². The SMILES string of the molecule is O=S(=O)(NCc1nc(-c2ccncc2)n[nH]1)c1ccc(O)cc1. The van der Waals surface area contributed by atoms with Gasteiger partial charge in [-0.05, 0) is 36.4 Å². The van der Waals surface area contributed by atoms with Gasteiger partial charge in [0.1, 0.15) is 11.6 Å². The number of nitrogens with zero attached hydrogens (tertiary/aromatic N) is 3. The molecule has 1 aromatic carbocycles. The van der Waals surface area contributed by atoms with Gasteiger partial charge in [-0.1, -0.05) is 0 Å². The minimum absolute atomic E-state index is 0.00109. The number of aromatic amines is 1. The highest BCUT2D eigenvalue weighted by Gasteiger charge is 2.15. The number of sulfonamides is 1. The Morgan fingerprint density at radius 1 is 1.09 bits per heavy atom. The Bertz CT molecular complexity index is 892. The van der Waals surface area contributed by atoms with Crippen LogP contribution in [0.25, 0.3) is 11.4 Å². The second-order valence-corrected chi connectivity index (χ2v) is 6.43. The monoisotopic (exact) mass is 331 g/mol. The molecule has 2 heterocycles. The maximum absolute atomic E-state index is 12.1. The lowest BCUT2D eigenvalue weighted by atomic mass is 10.2. The van der Waals surface area contributed by atoms with Crippen LogP contribution in [0.15, 0.2) is 53.7 Å². The predicted molar refractivity (Wildman–Crippen MR) is 81.7 cm³/mol. The lowest BCUT2D eigenvalue weighted by molar-refractivity contribution is 0.474. The molecule has 0 aliphatic heterocycles. The number of aromatic hydroxyl groups is 1. The second-order valence-electron chi connectivity index (χ2n) is 4.66. The number of hydrogen-bond acceptors (Lipinski definition) is 6. The normalized spacial score (nSPS) is 11.5. The number of hydrogen-bond donors (Lipinski definition) is 3. The van der Waals surface area contributed by atoms with Crippen molar-refractivity contribution in [2.24, 2.45) is 0 Å². The van der Waals surface area contributed by atoms with E-state index in [1.165, 1.54) is 24.3 Å². The highest BCUT2D eigenvalue weighted by molar-refractivity contribution is 7.89. The fourth-order valence-corrected chi connectivity index (χ4v) is 2.86. The van der Waals surface area contributed by atoms with Crippen LogP contribution in [0.4, 0.5) is 0 Å². The molecule has 0 aliphatic carbocycles. The highest BCUT2D eigenvalue weighted by atomic mass is 32.2. The molecule has 9 heteroatoms. The quantitative estimate of drug-likeness (QED) is 0.642. The van der Waals surface area contributed by atoms with Gasteiger partial charge in [-0.25, -0.2) is 18.1 Å².